The molecule has 0 aliphatic carbocycles. The summed E-state index contributed by atoms with van der Waals surface area (Å²) < 4.78 is 10.8. The molecule has 7 nitrogen and oxygen atoms in total. The lowest BCUT2D eigenvalue weighted by Gasteiger charge is -2.28. The lowest BCUT2D eigenvalue weighted by molar-refractivity contribution is 0.0793. The minimum Gasteiger partial charge on any atom is -0.497 e. The fourth-order valence-corrected chi connectivity index (χ4v) is 4.32. The van der Waals surface area contributed by atoms with Crippen LogP contribution in [0.25, 0.3) is 0 Å². The van der Waals surface area contributed by atoms with Gasteiger partial charge in [-0.2, -0.15) is 0 Å². The van der Waals surface area contributed by atoms with Gasteiger partial charge in [-0.1, -0.05) is 13.3 Å². The topological polar surface area (TPSA) is 75.0 Å². The third kappa shape index (κ3) is 6.04. The van der Waals surface area contributed by atoms with E-state index in [4.69, 9.17) is 9.15 Å². The number of methoxy groups -OCH3 is 1. The molecule has 2 amide bonds. The highest BCUT2D eigenvalue weighted by atomic mass is 16.5. The van der Waals surface area contributed by atoms with Crippen LogP contribution in [0, 0.1) is 0 Å². The van der Waals surface area contributed by atoms with Crippen LogP contribution < -0.4 is 15.0 Å². The third-order valence-corrected chi connectivity index (χ3v) is 6.28. The highest BCUT2D eigenvalue weighted by Crippen LogP contribution is 2.29. The first-order chi connectivity index (χ1) is 17.1. The normalized spacial score (nSPS) is 13.0. The molecule has 1 fully saturated rings. The van der Waals surface area contributed by atoms with Gasteiger partial charge in [0.15, 0.2) is 0 Å². The van der Waals surface area contributed by atoms with Crippen LogP contribution in [0.4, 0.5) is 11.4 Å². The Balaban J connectivity index is 1.64. The number of carbonyl (C=O) groups excluding carboxylic acids is 2. The molecular weight excluding hydrogens is 442 g/mol. The smallest absolute Gasteiger partial charge is 0.256 e. The number of anilines is 2. The largest absolute Gasteiger partial charge is 0.497 e. The Morgan fingerprint density at radius 3 is 2.51 bits per heavy atom. The van der Waals surface area contributed by atoms with Gasteiger partial charge in [-0.3, -0.25) is 9.59 Å². The number of likely N-dealkylation sites (tertiary alicyclic amines) is 1. The first-order valence-electron chi connectivity index (χ1n) is 12.2. The summed E-state index contributed by atoms with van der Waals surface area (Å²) in [7, 11) is 1.59. The Hall–Kier alpha value is -3.74. The minimum atomic E-state index is -0.238. The maximum absolute atomic E-state index is 13.6. The molecule has 1 aromatic heterocycles. The lowest BCUT2D eigenvalue weighted by Crippen LogP contribution is -2.31. The van der Waals surface area contributed by atoms with Gasteiger partial charge in [0.05, 0.1) is 31.2 Å². The molecule has 2 heterocycles. The number of nitrogens with one attached hydrogen (secondary N) is 1. The second-order valence-electron chi connectivity index (χ2n) is 8.77. The molecular formula is C28H33N3O4. The zero-order chi connectivity index (χ0) is 24.6. The van der Waals surface area contributed by atoms with E-state index in [-0.39, 0.29) is 11.8 Å². The fraction of sp³-hybridized carbons (Fsp3) is 0.357. The van der Waals surface area contributed by atoms with Crippen molar-refractivity contribution in [1.29, 1.82) is 0 Å². The van der Waals surface area contributed by atoms with Gasteiger partial charge in [-0.15, -0.1) is 0 Å². The summed E-state index contributed by atoms with van der Waals surface area (Å²) in [6.45, 7) is 5.04. The van der Waals surface area contributed by atoms with Gasteiger partial charge in [-0.05, 0) is 73.9 Å². The van der Waals surface area contributed by atoms with Crippen LogP contribution in [0.15, 0.2) is 65.3 Å². The average Bonchev–Trinajstić information content (AvgIpc) is 3.61. The summed E-state index contributed by atoms with van der Waals surface area (Å²) in [6.07, 6.45) is 5.73. The molecule has 1 aliphatic heterocycles. The molecule has 0 saturated carbocycles. The zero-order valence-corrected chi connectivity index (χ0v) is 20.5. The highest BCUT2D eigenvalue weighted by Gasteiger charge is 2.25. The van der Waals surface area contributed by atoms with Crippen LogP contribution in [0.1, 0.15) is 59.1 Å². The summed E-state index contributed by atoms with van der Waals surface area (Å²) in [6, 6.07) is 16.4. The summed E-state index contributed by atoms with van der Waals surface area (Å²) in [5.74, 6) is 1.29. The van der Waals surface area contributed by atoms with Gasteiger partial charge in [0.1, 0.15) is 11.5 Å². The third-order valence-electron chi connectivity index (χ3n) is 6.28. The number of furan rings is 1. The molecule has 2 aromatic carbocycles. The molecule has 0 bridgehead atoms. The summed E-state index contributed by atoms with van der Waals surface area (Å²) in [5, 5.41) is 2.95. The number of amides is 2. The number of hydrogen-bond acceptors (Lipinski definition) is 5. The van der Waals surface area contributed by atoms with E-state index in [1.807, 2.05) is 29.2 Å². The Morgan fingerprint density at radius 1 is 1.09 bits per heavy atom. The van der Waals surface area contributed by atoms with Gasteiger partial charge in [0, 0.05) is 30.9 Å². The Morgan fingerprint density at radius 2 is 1.86 bits per heavy atom. The Kier molecular flexibility index (Phi) is 8.08. The van der Waals surface area contributed by atoms with E-state index in [0.717, 1.165) is 56.8 Å². The molecule has 184 valence electrons. The minimum absolute atomic E-state index is 0.000935. The fourth-order valence-electron chi connectivity index (χ4n) is 4.32. The van der Waals surface area contributed by atoms with Gasteiger partial charge in [0.25, 0.3) is 11.8 Å². The molecule has 0 spiro atoms. The van der Waals surface area contributed by atoms with E-state index in [1.54, 1.807) is 43.7 Å². The molecule has 4 rings (SSSR count). The van der Waals surface area contributed by atoms with Crippen LogP contribution in [0.5, 0.6) is 5.75 Å². The maximum atomic E-state index is 13.6. The maximum Gasteiger partial charge on any atom is 0.256 e. The van der Waals surface area contributed by atoms with Crippen molar-refractivity contribution in [1.82, 2.24) is 4.90 Å². The number of rotatable bonds is 10. The lowest BCUT2D eigenvalue weighted by atomic mass is 10.1. The van der Waals surface area contributed by atoms with Crippen LogP contribution in [-0.4, -0.2) is 43.5 Å². The van der Waals surface area contributed by atoms with Crippen LogP contribution in [0.3, 0.4) is 0 Å². The van der Waals surface area contributed by atoms with Crippen LogP contribution >= 0.6 is 0 Å². The number of ether oxygens (including phenoxy) is 1. The van der Waals surface area contributed by atoms with E-state index in [2.05, 4.69) is 17.1 Å². The van der Waals surface area contributed by atoms with Crippen molar-refractivity contribution >= 4 is 23.2 Å². The molecule has 3 aromatic rings. The second-order valence-corrected chi connectivity index (χ2v) is 8.77. The van der Waals surface area contributed by atoms with E-state index in [0.29, 0.717) is 29.1 Å². The van der Waals surface area contributed by atoms with Gasteiger partial charge in [-0.25, -0.2) is 0 Å². The molecule has 0 unspecified atom stereocenters. The number of benzene rings is 2. The zero-order valence-electron chi connectivity index (χ0n) is 20.5. The molecule has 1 saturated heterocycles. The predicted molar refractivity (Wildman–Crippen MR) is 137 cm³/mol. The highest BCUT2D eigenvalue weighted by molar-refractivity contribution is 6.06. The molecule has 35 heavy (non-hydrogen) atoms. The second kappa shape index (κ2) is 11.6. The van der Waals surface area contributed by atoms with E-state index in [9.17, 15) is 9.59 Å². The molecule has 0 atom stereocenters. The van der Waals surface area contributed by atoms with Crippen molar-refractivity contribution in [3.05, 3.63) is 77.7 Å². The van der Waals surface area contributed by atoms with Crippen LogP contribution in [-0.2, 0) is 6.54 Å². The average molecular weight is 476 g/mol. The first-order valence-corrected chi connectivity index (χ1v) is 12.2. The quantitative estimate of drug-likeness (QED) is 0.414. The standard InChI is InChI=1S/C28H33N3O4/c1-3-4-15-31(20-24-8-7-18-35-24)26-14-11-22(19-25(26)28(33)30-16-5-6-17-30)29-27(32)21-9-12-23(34-2)13-10-21/h7-14,18-19H,3-6,15-17,20H2,1-2H3,(H,29,32). The molecule has 1 N–H and O–H groups in total. The van der Waals surface area contributed by atoms with E-state index < -0.39 is 0 Å². The summed E-state index contributed by atoms with van der Waals surface area (Å²) in [4.78, 5) is 30.5. The van der Waals surface area contributed by atoms with Crippen molar-refractivity contribution in [2.45, 2.75) is 39.2 Å². The monoisotopic (exact) mass is 475 g/mol. The predicted octanol–water partition coefficient (Wildman–Crippen LogP) is 5.58. The van der Waals surface area contributed by atoms with E-state index in [1.165, 1.54) is 0 Å². The SMILES string of the molecule is CCCCN(Cc1ccco1)c1ccc(NC(=O)c2ccc(OC)cc2)cc1C(=O)N1CCCC1. The molecule has 1 aliphatic rings. The van der Waals surface area contributed by atoms with Crippen molar-refractivity contribution in [3.63, 3.8) is 0 Å². The number of unbranched alkanes of at least 4 members (excludes halogenated alkanes) is 1. The first kappa shape index (κ1) is 24.4. The van der Waals surface area contributed by atoms with Crippen molar-refractivity contribution in [2.75, 3.05) is 37.0 Å². The Labute approximate surface area is 206 Å². The molecule has 7 heteroatoms. The number of nitrogens with zero attached hydrogens (tertiary/aromatic N) is 2. The van der Waals surface area contributed by atoms with Gasteiger partial charge >= 0.3 is 0 Å². The van der Waals surface area contributed by atoms with Crippen molar-refractivity contribution < 1.29 is 18.7 Å². The van der Waals surface area contributed by atoms with E-state index >= 15 is 0 Å². The van der Waals surface area contributed by atoms with Crippen molar-refractivity contribution in [3.8, 4) is 5.75 Å². The number of carbonyl (C=O) groups is 2. The molecule has 0 radical (unpaired) electrons. The van der Waals surface area contributed by atoms with Gasteiger partial charge < -0.3 is 24.3 Å². The Bertz CT molecular complexity index is 1120. The number of hydrogen-bond donors (Lipinski definition) is 1. The van der Waals surface area contributed by atoms with Crippen LogP contribution in [0.2, 0.25) is 0 Å². The summed E-state index contributed by atoms with van der Waals surface area (Å²) in [5.41, 5.74) is 2.56. The van der Waals surface area contributed by atoms with Gasteiger partial charge in [0.2, 0.25) is 0 Å². The van der Waals surface area contributed by atoms with Crippen molar-refractivity contribution in [2.24, 2.45) is 0 Å². The summed E-state index contributed by atoms with van der Waals surface area (Å²) >= 11 is 0.